The molecule has 22 heteroatoms. The fraction of sp³-hybridized carbons (Fsp3) is 0.500. The van der Waals surface area contributed by atoms with Gasteiger partial charge < -0.3 is 40.3 Å². The van der Waals surface area contributed by atoms with E-state index in [9.17, 15) is 28.8 Å². The van der Waals surface area contributed by atoms with Crippen LogP contribution in [0.3, 0.4) is 0 Å². The summed E-state index contributed by atoms with van der Waals surface area (Å²) in [5.74, 6) is 0.00655. The van der Waals surface area contributed by atoms with E-state index in [-0.39, 0.29) is 54.7 Å². The summed E-state index contributed by atoms with van der Waals surface area (Å²) >= 11 is 0. The smallest absolute Gasteiger partial charge is 0.851 e. The van der Waals surface area contributed by atoms with Gasteiger partial charge in [-0.05, 0) is 0 Å². The molecule has 2 unspecified atom stereocenters. The molecular weight excluding hydrogens is 531 g/mol. The van der Waals surface area contributed by atoms with E-state index in [1.807, 2.05) is 0 Å². The summed E-state index contributed by atoms with van der Waals surface area (Å²) in [6, 6.07) is 0. The Balaban J connectivity index is 0.00000363. The van der Waals surface area contributed by atoms with Crippen molar-refractivity contribution in [3.63, 3.8) is 0 Å². The monoisotopic (exact) mass is 545 g/mol. The van der Waals surface area contributed by atoms with Crippen LogP contribution in [0.4, 0.5) is 5.82 Å². The van der Waals surface area contributed by atoms with Gasteiger partial charge in [-0.2, -0.15) is 8.62 Å². The molecule has 174 valence electrons. The zero-order chi connectivity index (χ0) is 23.2. The summed E-state index contributed by atoms with van der Waals surface area (Å²) in [7, 11) is -16.8. The first-order chi connectivity index (χ1) is 14.2. The van der Waals surface area contributed by atoms with Crippen LogP contribution in [-0.2, 0) is 31.6 Å². The van der Waals surface area contributed by atoms with E-state index in [0.29, 0.717) is 0 Å². The Morgan fingerprint density at radius 2 is 1.72 bits per heavy atom. The maximum atomic E-state index is 12.4. The minimum Gasteiger partial charge on any atom is -0.851 e. The minimum absolute atomic E-state index is 0. The molecule has 1 aliphatic heterocycles. The third-order valence-corrected chi connectivity index (χ3v) is 7.57. The molecule has 6 atom stereocenters. The van der Waals surface area contributed by atoms with Crippen molar-refractivity contribution >= 4 is 78.2 Å². The largest absolute Gasteiger partial charge is 2.00 e. The van der Waals surface area contributed by atoms with Gasteiger partial charge in [0, 0.05) is 0 Å². The van der Waals surface area contributed by atoms with Crippen LogP contribution in [0, 0.1) is 0 Å². The summed E-state index contributed by atoms with van der Waals surface area (Å²) in [6.45, 7) is -1.06. The molecule has 0 amide bonds. The van der Waals surface area contributed by atoms with Crippen LogP contribution in [0.15, 0.2) is 12.7 Å². The number of imidazole rings is 1. The van der Waals surface area contributed by atoms with Gasteiger partial charge in [0.1, 0.15) is 18.1 Å². The number of hydrogen-bond acceptors (Lipinski definition) is 13. The Hall–Kier alpha value is -0.100. The number of nitrogens with two attached hydrogens (primary N) is 1. The Bertz CT molecular complexity index is 1110. The number of anilines is 1. The van der Waals surface area contributed by atoms with Crippen LogP contribution in [-0.4, -0.2) is 102 Å². The number of fused-ring (bicyclic) bond motifs is 1. The normalized spacial score (nSPS) is 27.6. The number of nitrogen functional groups attached to an aromatic ring is 1. The summed E-state index contributed by atoms with van der Waals surface area (Å²) in [5, 5.41) is 24.6. The molecule has 1 saturated heterocycles. The Morgan fingerprint density at radius 1 is 1.06 bits per heavy atom. The van der Waals surface area contributed by atoms with Crippen LogP contribution in [0.25, 0.3) is 11.2 Å². The van der Waals surface area contributed by atoms with E-state index < -0.39 is 54.6 Å². The van der Waals surface area contributed by atoms with Crippen molar-refractivity contribution in [1.29, 1.82) is 0 Å². The first kappa shape index (κ1) is 28.1. The van der Waals surface area contributed by atoms with E-state index in [1.165, 1.54) is 0 Å². The summed E-state index contributed by atoms with van der Waals surface area (Å²) in [6.07, 6.45) is -4.86. The quantitative estimate of drug-likeness (QED) is 0.160. The van der Waals surface area contributed by atoms with Crippen LogP contribution < -0.4 is 15.9 Å². The minimum atomic E-state index is -5.73. The number of hydrogen-bond donors (Lipinski definition) is 5. The van der Waals surface area contributed by atoms with Gasteiger partial charge in [0.2, 0.25) is 0 Å². The maximum absolute atomic E-state index is 12.4. The fourth-order valence-electron chi connectivity index (χ4n) is 2.59. The molecule has 0 spiro atoms. The van der Waals surface area contributed by atoms with E-state index in [1.54, 1.807) is 0 Å². The predicted octanol–water partition coefficient (Wildman–Crippen LogP) is -3.27. The topological polar surface area (TPSA) is 285 Å². The van der Waals surface area contributed by atoms with Gasteiger partial charge in [-0.15, -0.1) is 6.10 Å². The second kappa shape index (κ2) is 10.3. The Kier molecular flexibility index (Phi) is 9.02. The molecule has 3 rings (SSSR count). The van der Waals surface area contributed by atoms with E-state index in [4.69, 9.17) is 25.2 Å². The molecule has 6 N–H and O–H groups in total. The van der Waals surface area contributed by atoms with Gasteiger partial charge in [-0.3, -0.25) is 9.09 Å². The van der Waals surface area contributed by atoms with Crippen molar-refractivity contribution in [1.82, 2.24) is 19.5 Å². The molecule has 0 aliphatic carbocycles. The van der Waals surface area contributed by atoms with Crippen LogP contribution in [0.5, 0.6) is 0 Å². The number of phosphoric acid groups is 3. The van der Waals surface area contributed by atoms with Crippen LogP contribution >= 0.6 is 23.5 Å². The van der Waals surface area contributed by atoms with Crippen molar-refractivity contribution in [2.24, 2.45) is 0 Å². The number of phosphoric ester groups is 1. The first-order valence-corrected chi connectivity index (χ1v) is 12.4. The summed E-state index contributed by atoms with van der Waals surface area (Å²) in [5.41, 5.74) is 5.86. The standard InChI is InChI=1S/C10H14N5O13P3.Ca/c11-8-5-9(13-2-12-8)15(3-14-5)10-7(17)6(16)4(26-10)1-25-30(21,22)28-31(23,24)27-29(18,19)20;/h2-4,6-7,10H,1H2,(H,21,22)(H,23,24)(H2,11,12,13)(H2,18,19,20);/q-2;+2/t4-,6-,7-,10-;/m1./s1. The van der Waals surface area contributed by atoms with E-state index in [0.717, 1.165) is 17.2 Å². The average molecular weight is 545 g/mol. The van der Waals surface area contributed by atoms with Gasteiger partial charge in [0.25, 0.3) is 0 Å². The molecule has 0 saturated carbocycles. The molecular formula is C10H14CaN5O13P3. The molecule has 32 heavy (non-hydrogen) atoms. The van der Waals surface area contributed by atoms with Crippen LogP contribution in [0.2, 0.25) is 0 Å². The van der Waals surface area contributed by atoms with Crippen molar-refractivity contribution < 1.29 is 61.4 Å². The predicted molar refractivity (Wildman–Crippen MR) is 96.8 cm³/mol. The molecule has 1 aliphatic rings. The number of aromatic nitrogens is 4. The second-order valence-electron chi connectivity index (χ2n) is 5.96. The van der Waals surface area contributed by atoms with Crippen molar-refractivity contribution in [2.45, 2.75) is 24.5 Å². The zero-order valence-electron chi connectivity index (χ0n) is 15.5. The molecule has 2 aromatic heterocycles. The average Bonchev–Trinajstić information content (AvgIpc) is 3.13. The molecule has 3 heterocycles. The molecule has 18 nitrogen and oxygen atoms in total. The molecule has 0 aromatic carbocycles. The summed E-state index contributed by atoms with van der Waals surface area (Å²) in [4.78, 5) is 47.0. The van der Waals surface area contributed by atoms with Gasteiger partial charge in [0.05, 0.1) is 19.0 Å². The second-order valence-corrected chi connectivity index (χ2v) is 10.4. The first-order valence-electron chi connectivity index (χ1n) is 7.87. The number of nitrogens with zero attached hydrogens (tertiary/aromatic N) is 4. The van der Waals surface area contributed by atoms with Gasteiger partial charge >= 0.3 is 61.2 Å². The van der Waals surface area contributed by atoms with Crippen molar-refractivity contribution in [3.8, 4) is 0 Å². The van der Waals surface area contributed by atoms with E-state index >= 15 is 0 Å². The van der Waals surface area contributed by atoms with E-state index in [2.05, 4.69) is 28.1 Å². The SMILES string of the molecule is Nc1ncnc2c1ncn2[C@@H]1O[C@H](COP(=O)(O)OP(=O)(O)OP(=O)(O)O)[C@@H]([O-])[C@H]1[O-].[Ca+2]. The fourth-order valence-corrected chi connectivity index (χ4v) is 5.62. The molecule has 0 radical (unpaired) electrons. The third kappa shape index (κ3) is 6.73. The molecule has 0 bridgehead atoms. The molecule has 1 fully saturated rings. The number of rotatable bonds is 8. The molecule has 2 aromatic rings. The number of ether oxygens (including phenoxy) is 1. The van der Waals surface area contributed by atoms with Gasteiger partial charge in [-0.25, -0.2) is 28.6 Å². The summed E-state index contributed by atoms with van der Waals surface area (Å²) < 4.78 is 51.5. The maximum Gasteiger partial charge on any atom is 2.00 e. The van der Waals surface area contributed by atoms with Gasteiger partial charge in [-0.1, -0.05) is 6.10 Å². The van der Waals surface area contributed by atoms with Crippen LogP contribution in [0.1, 0.15) is 6.23 Å². The Labute approximate surface area is 207 Å². The van der Waals surface area contributed by atoms with Crippen molar-refractivity contribution in [2.75, 3.05) is 12.3 Å². The van der Waals surface area contributed by atoms with Gasteiger partial charge in [0.15, 0.2) is 11.5 Å². The van der Waals surface area contributed by atoms with Crippen molar-refractivity contribution in [3.05, 3.63) is 12.7 Å². The zero-order valence-corrected chi connectivity index (χ0v) is 20.4. The third-order valence-electron chi connectivity index (χ3n) is 3.76. The Morgan fingerprint density at radius 3 is 2.34 bits per heavy atom.